The molecule has 0 fully saturated rings. The summed E-state index contributed by atoms with van der Waals surface area (Å²) < 4.78 is 44.4. The molecule has 0 unspecified atom stereocenters. The van der Waals surface area contributed by atoms with E-state index in [0.717, 1.165) is 17.7 Å². The second kappa shape index (κ2) is 8.77. The highest BCUT2D eigenvalue weighted by Gasteiger charge is 2.31. The number of ether oxygens (including phenoxy) is 1. The van der Waals surface area contributed by atoms with Crippen molar-refractivity contribution >= 4 is 33.6 Å². The van der Waals surface area contributed by atoms with Crippen molar-refractivity contribution in [2.45, 2.75) is 26.3 Å². The minimum absolute atomic E-state index is 0.000451. The minimum Gasteiger partial charge on any atom is -0.445 e. The van der Waals surface area contributed by atoms with Crippen LogP contribution in [0.3, 0.4) is 0 Å². The Morgan fingerprint density at radius 1 is 1.19 bits per heavy atom. The molecule has 0 heterocycles. The molecule has 2 rings (SSSR count). The molecule has 0 spiro atoms. The van der Waals surface area contributed by atoms with E-state index in [4.69, 9.17) is 16.3 Å². The number of nitrogens with zero attached hydrogens (tertiary/aromatic N) is 1. The number of hydrogen-bond donors (Lipinski definition) is 0. The molecule has 2 aromatic rings. The van der Waals surface area contributed by atoms with Crippen LogP contribution in [-0.4, -0.2) is 17.5 Å². The minimum atomic E-state index is -4.44. The van der Waals surface area contributed by atoms with Gasteiger partial charge < -0.3 is 9.64 Å². The average molecular weight is 451 g/mol. The summed E-state index contributed by atoms with van der Waals surface area (Å²) in [6, 6.07) is 10.2. The van der Waals surface area contributed by atoms with Crippen molar-refractivity contribution in [2.24, 2.45) is 0 Å². The average Bonchev–Trinajstić information content (AvgIpc) is 2.59. The van der Waals surface area contributed by atoms with Crippen molar-refractivity contribution in [1.82, 2.24) is 4.90 Å². The summed E-state index contributed by atoms with van der Waals surface area (Å²) >= 11 is 9.02. The van der Waals surface area contributed by atoms with Crippen molar-refractivity contribution < 1.29 is 22.7 Å². The van der Waals surface area contributed by atoms with E-state index >= 15 is 0 Å². The van der Waals surface area contributed by atoms with E-state index < -0.39 is 17.8 Å². The van der Waals surface area contributed by atoms with Gasteiger partial charge in [0.25, 0.3) is 0 Å². The topological polar surface area (TPSA) is 29.5 Å². The molecule has 3 nitrogen and oxygen atoms in total. The van der Waals surface area contributed by atoms with Crippen LogP contribution < -0.4 is 0 Å². The number of carbonyl (C=O) groups is 1. The van der Waals surface area contributed by atoms with Gasteiger partial charge in [0, 0.05) is 16.0 Å². The molecule has 0 aliphatic carbocycles. The lowest BCUT2D eigenvalue weighted by Crippen LogP contribution is -2.31. The highest BCUT2D eigenvalue weighted by molar-refractivity contribution is 9.10. The van der Waals surface area contributed by atoms with Crippen molar-refractivity contribution in [2.75, 3.05) is 6.54 Å². The fourth-order valence-electron chi connectivity index (χ4n) is 2.20. The monoisotopic (exact) mass is 449 g/mol. The highest BCUT2D eigenvalue weighted by atomic mass is 79.9. The Morgan fingerprint density at radius 3 is 2.42 bits per heavy atom. The van der Waals surface area contributed by atoms with Crippen LogP contribution in [0.25, 0.3) is 0 Å². The van der Waals surface area contributed by atoms with Crippen LogP contribution in [0.4, 0.5) is 18.0 Å². The number of carbonyl (C=O) groups excluding carboxylic acids is 1. The van der Waals surface area contributed by atoms with Crippen molar-refractivity contribution in [3.63, 3.8) is 0 Å². The molecule has 0 saturated carbocycles. The third kappa shape index (κ3) is 5.64. The van der Waals surface area contributed by atoms with Crippen molar-refractivity contribution in [1.29, 1.82) is 0 Å². The van der Waals surface area contributed by atoms with E-state index in [-0.39, 0.29) is 13.2 Å². The van der Waals surface area contributed by atoms with E-state index in [2.05, 4.69) is 15.9 Å². The summed E-state index contributed by atoms with van der Waals surface area (Å²) in [5.41, 5.74) is 0.352. The summed E-state index contributed by atoms with van der Waals surface area (Å²) in [6.45, 7) is 2.07. The first kappa shape index (κ1) is 20.6. The van der Waals surface area contributed by atoms with Crippen LogP contribution in [-0.2, 0) is 24.1 Å². The maximum absolute atomic E-state index is 12.9. The van der Waals surface area contributed by atoms with E-state index in [0.29, 0.717) is 21.6 Å². The van der Waals surface area contributed by atoms with Gasteiger partial charge in [0.1, 0.15) is 6.61 Å². The van der Waals surface area contributed by atoms with Gasteiger partial charge in [-0.1, -0.05) is 39.7 Å². The Hall–Kier alpha value is -1.73. The Bertz CT molecular complexity index is 766. The fourth-order valence-corrected chi connectivity index (χ4v) is 2.70. The number of rotatable bonds is 5. The molecule has 2 aromatic carbocycles. The quantitative estimate of drug-likeness (QED) is 0.536. The zero-order valence-electron chi connectivity index (χ0n) is 13.8. The number of alkyl halides is 3. The standard InChI is InChI=1S/C18H16BrClF3NO2/c1-2-24(17(25)26-11-12-3-6-15(20)7-4-12)10-13-9-14(18(21,22)23)5-8-16(13)19/h3-9H,2,10-11H2,1H3. The third-order valence-corrected chi connectivity index (χ3v) is 4.68. The number of amides is 1. The van der Waals surface area contributed by atoms with E-state index in [1.807, 2.05) is 0 Å². The molecule has 0 saturated heterocycles. The molecule has 0 aliphatic rings. The normalized spacial score (nSPS) is 11.3. The smallest absolute Gasteiger partial charge is 0.416 e. The lowest BCUT2D eigenvalue weighted by atomic mass is 10.1. The Balaban J connectivity index is 2.06. The van der Waals surface area contributed by atoms with Crippen LogP contribution in [0.15, 0.2) is 46.9 Å². The third-order valence-electron chi connectivity index (χ3n) is 3.65. The zero-order chi connectivity index (χ0) is 19.3. The predicted octanol–water partition coefficient (Wildman–Crippen LogP) is 6.28. The van der Waals surface area contributed by atoms with Crippen molar-refractivity contribution in [3.8, 4) is 0 Å². The molecule has 0 N–H and O–H groups in total. The second-order valence-electron chi connectivity index (χ2n) is 5.50. The van der Waals surface area contributed by atoms with Gasteiger partial charge in [0.2, 0.25) is 0 Å². The zero-order valence-corrected chi connectivity index (χ0v) is 16.2. The molecule has 0 atom stereocenters. The molecule has 26 heavy (non-hydrogen) atoms. The van der Waals surface area contributed by atoms with Gasteiger partial charge in [-0.3, -0.25) is 0 Å². The molecule has 0 bridgehead atoms. The van der Waals surface area contributed by atoms with E-state index in [1.54, 1.807) is 31.2 Å². The van der Waals surface area contributed by atoms with Gasteiger partial charge >= 0.3 is 12.3 Å². The summed E-state index contributed by atoms with van der Waals surface area (Å²) in [6.07, 6.45) is -5.05. The lowest BCUT2D eigenvalue weighted by molar-refractivity contribution is -0.137. The molecule has 0 radical (unpaired) electrons. The summed E-state index contributed by atoms with van der Waals surface area (Å²) in [7, 11) is 0. The van der Waals surface area contributed by atoms with Crippen LogP contribution >= 0.6 is 27.5 Å². The van der Waals surface area contributed by atoms with Crippen LogP contribution in [0.2, 0.25) is 5.02 Å². The number of hydrogen-bond acceptors (Lipinski definition) is 2. The molecule has 0 aromatic heterocycles. The molecule has 0 aliphatic heterocycles. The molecular formula is C18H16BrClF3NO2. The SMILES string of the molecule is CCN(Cc1cc(C(F)(F)F)ccc1Br)C(=O)OCc1ccc(Cl)cc1. The maximum atomic E-state index is 12.9. The first-order valence-electron chi connectivity index (χ1n) is 7.72. The highest BCUT2D eigenvalue weighted by Crippen LogP contribution is 2.32. The summed E-state index contributed by atoms with van der Waals surface area (Å²) in [4.78, 5) is 13.6. The molecule has 8 heteroatoms. The van der Waals surface area contributed by atoms with E-state index in [9.17, 15) is 18.0 Å². The second-order valence-corrected chi connectivity index (χ2v) is 6.79. The summed E-state index contributed by atoms with van der Waals surface area (Å²) in [5, 5.41) is 0.574. The van der Waals surface area contributed by atoms with Crippen LogP contribution in [0.1, 0.15) is 23.6 Å². The van der Waals surface area contributed by atoms with Gasteiger partial charge in [0.05, 0.1) is 12.1 Å². The van der Waals surface area contributed by atoms with Gasteiger partial charge in [-0.05, 0) is 48.4 Å². The van der Waals surface area contributed by atoms with E-state index in [1.165, 1.54) is 11.0 Å². The summed E-state index contributed by atoms with van der Waals surface area (Å²) in [5.74, 6) is 0. The fraction of sp³-hybridized carbons (Fsp3) is 0.278. The largest absolute Gasteiger partial charge is 0.445 e. The number of benzene rings is 2. The Labute approximate surface area is 162 Å². The first-order chi connectivity index (χ1) is 12.2. The first-order valence-corrected chi connectivity index (χ1v) is 8.89. The van der Waals surface area contributed by atoms with Crippen molar-refractivity contribution in [3.05, 3.63) is 68.7 Å². The van der Waals surface area contributed by atoms with Gasteiger partial charge in [-0.15, -0.1) is 0 Å². The maximum Gasteiger partial charge on any atom is 0.416 e. The Morgan fingerprint density at radius 2 is 1.85 bits per heavy atom. The molecule has 1 amide bonds. The van der Waals surface area contributed by atoms with Crippen LogP contribution in [0, 0.1) is 0 Å². The predicted molar refractivity (Wildman–Crippen MR) is 96.9 cm³/mol. The van der Waals surface area contributed by atoms with Gasteiger partial charge in [-0.2, -0.15) is 13.2 Å². The molecule has 140 valence electrons. The van der Waals surface area contributed by atoms with Gasteiger partial charge in [0.15, 0.2) is 0 Å². The number of halogens is 5. The van der Waals surface area contributed by atoms with Gasteiger partial charge in [-0.25, -0.2) is 4.79 Å². The Kier molecular flexibility index (Phi) is 6.94. The lowest BCUT2D eigenvalue weighted by Gasteiger charge is -2.22. The molecular weight excluding hydrogens is 435 g/mol. The van der Waals surface area contributed by atoms with Crippen LogP contribution in [0.5, 0.6) is 0 Å².